The van der Waals surface area contributed by atoms with Gasteiger partial charge < -0.3 is 14.7 Å². The van der Waals surface area contributed by atoms with Gasteiger partial charge in [-0.2, -0.15) is 0 Å². The summed E-state index contributed by atoms with van der Waals surface area (Å²) in [7, 11) is 0. The smallest absolute Gasteiger partial charge is 0.224 e. The molecule has 0 unspecified atom stereocenters. The molecule has 3 heterocycles. The quantitative estimate of drug-likeness (QED) is 0.334. The number of hydrogen-bond donors (Lipinski definition) is 1. The van der Waals surface area contributed by atoms with Gasteiger partial charge in [0.2, 0.25) is 11.8 Å². The van der Waals surface area contributed by atoms with E-state index in [-0.39, 0.29) is 42.1 Å². The predicted octanol–water partition coefficient (Wildman–Crippen LogP) is 5.46. The average Bonchev–Trinajstić information content (AvgIpc) is 3.74. The number of allylic oxidation sites excluding steroid dienone is 1. The first-order chi connectivity index (χ1) is 19.8. The van der Waals surface area contributed by atoms with Crippen molar-refractivity contribution in [3.8, 4) is 0 Å². The van der Waals surface area contributed by atoms with Crippen LogP contribution in [-0.4, -0.2) is 46.0 Å². The third kappa shape index (κ3) is 6.51. The van der Waals surface area contributed by atoms with Gasteiger partial charge in [-0.05, 0) is 43.9 Å². The van der Waals surface area contributed by atoms with E-state index >= 15 is 0 Å². The number of Topliss-reactive ketones (excluding diaryl/α,β-unsaturated/α-hetero) is 1. The number of carbonyl (C=O) groups is 3. The molecule has 2 aliphatic rings. The molecule has 3 aromatic rings. The van der Waals surface area contributed by atoms with Gasteiger partial charge in [-0.25, -0.2) is 4.39 Å². The van der Waals surface area contributed by atoms with E-state index in [1.807, 2.05) is 35.2 Å². The molecule has 2 aliphatic heterocycles. The number of ketones is 1. The van der Waals surface area contributed by atoms with Crippen molar-refractivity contribution < 1.29 is 23.3 Å². The first-order valence-corrected chi connectivity index (χ1v) is 13.9. The summed E-state index contributed by atoms with van der Waals surface area (Å²) in [6.45, 7) is 4.07. The Bertz CT molecular complexity index is 1500. The number of nitrogens with zero attached hydrogens (tertiary/aromatic N) is 3. The maximum Gasteiger partial charge on any atom is 0.224 e. The van der Waals surface area contributed by atoms with Crippen molar-refractivity contribution in [2.45, 2.75) is 58.0 Å². The Balaban J connectivity index is 1.28. The number of aryl methyl sites for hydroxylation is 1. The van der Waals surface area contributed by atoms with Crippen LogP contribution in [0.3, 0.4) is 0 Å². The summed E-state index contributed by atoms with van der Waals surface area (Å²) in [6, 6.07) is 17.3. The fourth-order valence-electron chi connectivity index (χ4n) is 5.51. The van der Waals surface area contributed by atoms with Gasteiger partial charge in [0, 0.05) is 49.3 Å². The highest BCUT2D eigenvalue weighted by molar-refractivity contribution is 6.04. The third-order valence-electron chi connectivity index (χ3n) is 7.73. The number of rotatable bonds is 10. The number of likely N-dealkylation sites (tertiary alicyclic amines) is 1. The highest BCUT2D eigenvalue weighted by Gasteiger charge is 2.34. The lowest BCUT2D eigenvalue weighted by molar-refractivity contribution is -0.137. The van der Waals surface area contributed by atoms with E-state index in [0.29, 0.717) is 30.0 Å². The molecular formula is C32H33FN4O4. The predicted molar refractivity (Wildman–Crippen MR) is 152 cm³/mol. The molecule has 0 aliphatic carbocycles. The van der Waals surface area contributed by atoms with Crippen LogP contribution in [0.15, 0.2) is 76.4 Å². The lowest BCUT2D eigenvalue weighted by Crippen LogP contribution is -2.43. The fraction of sp³-hybridized carbons (Fsp3) is 0.344. The van der Waals surface area contributed by atoms with E-state index in [9.17, 15) is 18.8 Å². The van der Waals surface area contributed by atoms with Crippen LogP contribution < -0.4 is 5.32 Å². The third-order valence-corrected chi connectivity index (χ3v) is 7.73. The number of aliphatic imine (C=N–C) groups is 1. The van der Waals surface area contributed by atoms with Crippen molar-refractivity contribution in [1.29, 1.82) is 0 Å². The number of amides is 2. The topological polar surface area (TPSA) is 105 Å². The first-order valence-electron chi connectivity index (χ1n) is 13.9. The molecule has 212 valence electrons. The fourth-order valence-corrected chi connectivity index (χ4v) is 5.51. The average molecular weight is 557 g/mol. The number of halogens is 1. The second-order valence-electron chi connectivity index (χ2n) is 10.7. The summed E-state index contributed by atoms with van der Waals surface area (Å²) in [5.41, 5.74) is 3.05. The monoisotopic (exact) mass is 556 g/mol. The van der Waals surface area contributed by atoms with Crippen LogP contribution in [0.5, 0.6) is 0 Å². The van der Waals surface area contributed by atoms with Gasteiger partial charge in [-0.1, -0.05) is 53.7 Å². The molecule has 3 atom stereocenters. The Morgan fingerprint density at radius 1 is 1.10 bits per heavy atom. The maximum absolute atomic E-state index is 14.3. The van der Waals surface area contributed by atoms with Crippen molar-refractivity contribution in [2.75, 3.05) is 6.54 Å². The molecule has 5 rings (SSSR count). The molecule has 0 radical (unpaired) electrons. The van der Waals surface area contributed by atoms with Crippen LogP contribution in [-0.2, 0) is 9.59 Å². The number of carbonyl (C=O) groups excluding carboxylic acids is 3. The van der Waals surface area contributed by atoms with Gasteiger partial charge in [0.25, 0.3) is 0 Å². The largest absolute Gasteiger partial charge is 0.361 e. The van der Waals surface area contributed by atoms with Gasteiger partial charge in [-0.3, -0.25) is 19.4 Å². The number of aromatic nitrogens is 1. The van der Waals surface area contributed by atoms with Gasteiger partial charge in [0.05, 0.1) is 18.0 Å². The Kier molecular flexibility index (Phi) is 8.52. The highest BCUT2D eigenvalue weighted by atomic mass is 19.1. The molecule has 8 nitrogen and oxygen atoms in total. The zero-order chi connectivity index (χ0) is 28.9. The normalized spacial score (nSPS) is 18.0. The minimum absolute atomic E-state index is 0.0593. The molecule has 1 fully saturated rings. The molecule has 41 heavy (non-hydrogen) atoms. The van der Waals surface area contributed by atoms with Gasteiger partial charge in [-0.15, -0.1) is 0 Å². The summed E-state index contributed by atoms with van der Waals surface area (Å²) in [4.78, 5) is 46.4. The molecule has 2 aromatic carbocycles. The van der Waals surface area contributed by atoms with E-state index in [0.717, 1.165) is 24.0 Å². The number of nitrogens with one attached hydrogen (secondary N) is 1. The zero-order valence-corrected chi connectivity index (χ0v) is 23.2. The molecule has 0 saturated carbocycles. The van der Waals surface area contributed by atoms with Crippen LogP contribution in [0, 0.1) is 18.7 Å². The Morgan fingerprint density at radius 3 is 2.59 bits per heavy atom. The van der Waals surface area contributed by atoms with Crippen molar-refractivity contribution in [2.24, 2.45) is 10.9 Å². The van der Waals surface area contributed by atoms with Crippen LogP contribution in [0.1, 0.15) is 72.4 Å². The van der Waals surface area contributed by atoms with E-state index in [4.69, 9.17) is 4.52 Å². The number of hydrogen-bond acceptors (Lipinski definition) is 6. The van der Waals surface area contributed by atoms with Crippen LogP contribution in [0.4, 0.5) is 4.39 Å². The summed E-state index contributed by atoms with van der Waals surface area (Å²) in [5.74, 6) is -1.72. The minimum atomic E-state index is -0.910. The first kappa shape index (κ1) is 28.1. The molecule has 0 bridgehead atoms. The Labute approximate surface area is 238 Å². The summed E-state index contributed by atoms with van der Waals surface area (Å²) in [6.07, 6.45) is 3.41. The molecule has 1 aromatic heterocycles. The Hall–Kier alpha value is -4.40. The SMILES string of the molecule is Cc1cc(C(=O)C[C@@H](CC(=O)N2CCC[C@@H]2c2ccccc2)C(=O)N[C@@H](C)C2=NC=C(c3ccccc3F)C2)no1. The van der Waals surface area contributed by atoms with Gasteiger partial charge in [0.15, 0.2) is 5.78 Å². The molecule has 1 saturated heterocycles. The summed E-state index contributed by atoms with van der Waals surface area (Å²) < 4.78 is 19.3. The standard InChI is InChI=1S/C32H33FN4O4/c1-20-15-28(36-41-20)30(38)17-23(18-31(39)37-14-8-13-29(37)22-9-4-3-5-10-22)32(40)35-21(2)27-16-24(19-34-27)25-11-6-7-12-26(25)33/h3-7,9-12,15,19,21,23,29H,8,13-14,16-18H2,1-2H3,(H,35,40)/t21-,23-,29+/m0/s1. The Morgan fingerprint density at radius 2 is 1.85 bits per heavy atom. The van der Waals surface area contributed by atoms with E-state index < -0.39 is 17.9 Å². The van der Waals surface area contributed by atoms with E-state index in [1.165, 1.54) is 12.1 Å². The van der Waals surface area contributed by atoms with Crippen LogP contribution >= 0.6 is 0 Å². The van der Waals surface area contributed by atoms with Crippen molar-refractivity contribution in [3.63, 3.8) is 0 Å². The minimum Gasteiger partial charge on any atom is -0.361 e. The molecule has 2 amide bonds. The van der Waals surface area contributed by atoms with Crippen LogP contribution in [0.25, 0.3) is 5.57 Å². The lowest BCUT2D eigenvalue weighted by Gasteiger charge is -2.27. The second kappa shape index (κ2) is 12.4. The maximum atomic E-state index is 14.3. The van der Waals surface area contributed by atoms with Gasteiger partial charge >= 0.3 is 0 Å². The zero-order valence-electron chi connectivity index (χ0n) is 23.2. The highest BCUT2D eigenvalue weighted by Crippen LogP contribution is 2.33. The van der Waals surface area contributed by atoms with Crippen LogP contribution in [0.2, 0.25) is 0 Å². The molecule has 0 spiro atoms. The van der Waals surface area contributed by atoms with Crippen molar-refractivity contribution in [3.05, 3.63) is 95.3 Å². The molecular weight excluding hydrogens is 523 g/mol. The van der Waals surface area contributed by atoms with Crippen molar-refractivity contribution >= 4 is 28.9 Å². The second-order valence-corrected chi connectivity index (χ2v) is 10.7. The van der Waals surface area contributed by atoms with Crippen molar-refractivity contribution in [1.82, 2.24) is 15.4 Å². The number of benzene rings is 2. The van der Waals surface area contributed by atoms with E-state index in [2.05, 4.69) is 15.5 Å². The van der Waals surface area contributed by atoms with Gasteiger partial charge in [0.1, 0.15) is 17.3 Å². The molecule has 1 N–H and O–H groups in total. The summed E-state index contributed by atoms with van der Waals surface area (Å²) in [5, 5.41) is 6.74. The van der Waals surface area contributed by atoms with E-state index in [1.54, 1.807) is 38.2 Å². The summed E-state index contributed by atoms with van der Waals surface area (Å²) >= 11 is 0. The molecule has 9 heteroatoms. The lowest BCUT2D eigenvalue weighted by atomic mass is 9.94.